The number of halogens is 1. The van der Waals surface area contributed by atoms with E-state index in [1.54, 1.807) is 12.1 Å². The third kappa shape index (κ3) is 3.59. The van der Waals surface area contributed by atoms with Gasteiger partial charge in [-0.05, 0) is 48.6 Å². The fourth-order valence-corrected chi connectivity index (χ4v) is 4.64. The number of rotatable bonds is 7. The molecule has 1 aromatic rings. The zero-order valence-corrected chi connectivity index (χ0v) is 18.0. The Morgan fingerprint density at radius 2 is 2.03 bits per heavy atom. The molecule has 2 atom stereocenters. The van der Waals surface area contributed by atoms with Crippen molar-refractivity contribution in [2.45, 2.75) is 58.3 Å². The Bertz CT molecular complexity index is 902. The lowest BCUT2D eigenvalue weighted by Crippen LogP contribution is -2.60. The molecule has 160 valence electrons. The van der Waals surface area contributed by atoms with E-state index in [-0.39, 0.29) is 12.0 Å². The second-order valence-corrected chi connectivity index (χ2v) is 8.64. The van der Waals surface area contributed by atoms with Gasteiger partial charge in [-0.25, -0.2) is 9.45 Å². The van der Waals surface area contributed by atoms with E-state index in [1.807, 2.05) is 17.3 Å². The van der Waals surface area contributed by atoms with Gasteiger partial charge >= 0.3 is 0 Å². The number of nitrogens with zero attached hydrogens (tertiary/aromatic N) is 3. The summed E-state index contributed by atoms with van der Waals surface area (Å²) in [5, 5.41) is 1.84. The predicted octanol–water partition coefficient (Wildman–Crippen LogP) is 4.49. The number of benzene rings is 1. The van der Waals surface area contributed by atoms with Crippen LogP contribution in [0.2, 0.25) is 0 Å². The van der Waals surface area contributed by atoms with Gasteiger partial charge in [0, 0.05) is 12.7 Å². The summed E-state index contributed by atoms with van der Waals surface area (Å²) in [4.78, 5) is 13.8. The molecule has 6 heteroatoms. The van der Waals surface area contributed by atoms with Gasteiger partial charge in [0.2, 0.25) is 0 Å². The molecule has 2 aliphatic heterocycles. The first kappa shape index (κ1) is 20.8. The molecule has 1 aromatic carbocycles. The van der Waals surface area contributed by atoms with Crippen LogP contribution in [-0.4, -0.2) is 33.9 Å². The topological polar surface area (TPSA) is 54.1 Å². The summed E-state index contributed by atoms with van der Waals surface area (Å²) in [7, 11) is 0. The van der Waals surface area contributed by atoms with E-state index >= 15 is 0 Å². The first-order valence-electron chi connectivity index (χ1n) is 10.8. The summed E-state index contributed by atoms with van der Waals surface area (Å²) < 4.78 is 13.2. The highest BCUT2D eigenvalue weighted by molar-refractivity contribution is 6.11. The molecule has 0 saturated carbocycles. The van der Waals surface area contributed by atoms with Gasteiger partial charge in [0.25, 0.3) is 0 Å². The lowest BCUT2D eigenvalue weighted by Gasteiger charge is -2.48. The summed E-state index contributed by atoms with van der Waals surface area (Å²) in [6.07, 6.45) is 11.1. The molecule has 0 saturated heterocycles. The molecule has 1 aliphatic carbocycles. The minimum absolute atomic E-state index is 0.117. The minimum atomic E-state index is -0.402. The molecule has 0 radical (unpaired) electrons. The minimum Gasteiger partial charge on any atom is -0.397 e. The summed E-state index contributed by atoms with van der Waals surface area (Å²) in [5.74, 6) is 0.255. The zero-order valence-electron chi connectivity index (χ0n) is 18.0. The van der Waals surface area contributed by atoms with Crippen LogP contribution >= 0.6 is 0 Å². The van der Waals surface area contributed by atoms with Crippen molar-refractivity contribution in [3.05, 3.63) is 71.5 Å². The number of aliphatic imine (C=N–C) groups is 1. The number of allylic oxidation sites excluding steroid dienone is 2. The molecule has 4 rings (SSSR count). The van der Waals surface area contributed by atoms with E-state index in [0.717, 1.165) is 48.5 Å². The fraction of sp³-hybridized carbons (Fsp3) is 0.458. The number of nitrogens with two attached hydrogens (primary N) is 1. The van der Waals surface area contributed by atoms with Gasteiger partial charge in [0.15, 0.2) is 0 Å². The SMILES string of the molecule is CCCC1N=C2C(N)=CC=C3N(OCc4ccc(F)cc4)C=CCC32N1CC(C)C. The number of hydrogen-bond donors (Lipinski definition) is 1. The summed E-state index contributed by atoms with van der Waals surface area (Å²) in [6.45, 7) is 7.96. The van der Waals surface area contributed by atoms with Crippen LogP contribution in [0.1, 0.15) is 45.6 Å². The molecule has 30 heavy (non-hydrogen) atoms. The third-order valence-corrected chi connectivity index (χ3v) is 5.92. The van der Waals surface area contributed by atoms with Crippen molar-refractivity contribution < 1.29 is 9.23 Å². The first-order chi connectivity index (χ1) is 14.5. The van der Waals surface area contributed by atoms with Gasteiger partial charge in [-0.1, -0.05) is 45.4 Å². The van der Waals surface area contributed by atoms with Crippen LogP contribution in [0.5, 0.6) is 0 Å². The summed E-state index contributed by atoms with van der Waals surface area (Å²) in [5.41, 5.74) is 9.69. The smallest absolute Gasteiger partial charge is 0.123 e. The van der Waals surface area contributed by atoms with Crippen molar-refractivity contribution in [1.82, 2.24) is 9.96 Å². The van der Waals surface area contributed by atoms with E-state index in [1.165, 1.54) is 12.1 Å². The largest absolute Gasteiger partial charge is 0.397 e. The summed E-state index contributed by atoms with van der Waals surface area (Å²) >= 11 is 0. The maximum atomic E-state index is 13.2. The molecule has 5 nitrogen and oxygen atoms in total. The summed E-state index contributed by atoms with van der Waals surface area (Å²) in [6, 6.07) is 6.40. The molecule has 2 N–H and O–H groups in total. The molecule has 2 unspecified atom stereocenters. The van der Waals surface area contributed by atoms with Gasteiger partial charge < -0.3 is 5.73 Å². The quantitative estimate of drug-likeness (QED) is 0.719. The molecule has 0 aromatic heterocycles. The Kier molecular flexibility index (Phi) is 5.80. The van der Waals surface area contributed by atoms with Crippen molar-refractivity contribution in [2.24, 2.45) is 16.6 Å². The molecule has 0 fully saturated rings. The number of hydrogen-bond acceptors (Lipinski definition) is 5. The lowest BCUT2D eigenvalue weighted by atomic mass is 9.78. The van der Waals surface area contributed by atoms with Crippen molar-refractivity contribution in [3.8, 4) is 0 Å². The third-order valence-electron chi connectivity index (χ3n) is 5.92. The van der Waals surface area contributed by atoms with Crippen molar-refractivity contribution in [3.63, 3.8) is 0 Å². The van der Waals surface area contributed by atoms with Crippen LogP contribution in [0.3, 0.4) is 0 Å². The average Bonchev–Trinajstić information content (AvgIpc) is 3.01. The lowest BCUT2D eigenvalue weighted by molar-refractivity contribution is -0.123. The Balaban J connectivity index is 1.66. The Labute approximate surface area is 178 Å². The second kappa shape index (κ2) is 8.36. The zero-order chi connectivity index (χ0) is 21.3. The maximum absolute atomic E-state index is 13.2. The first-order valence-corrected chi connectivity index (χ1v) is 10.8. The second-order valence-electron chi connectivity index (χ2n) is 8.64. The van der Waals surface area contributed by atoms with Crippen LogP contribution in [0.4, 0.5) is 4.39 Å². The molecule has 0 amide bonds. The predicted molar refractivity (Wildman–Crippen MR) is 118 cm³/mol. The molecule has 3 aliphatic rings. The van der Waals surface area contributed by atoms with Crippen LogP contribution in [0.15, 0.2) is 65.1 Å². The average molecular weight is 411 g/mol. The molecule has 2 heterocycles. The molecule has 1 spiro atoms. The Morgan fingerprint density at radius 3 is 2.73 bits per heavy atom. The van der Waals surface area contributed by atoms with Gasteiger partial charge in [-0.3, -0.25) is 14.7 Å². The van der Waals surface area contributed by atoms with Crippen molar-refractivity contribution >= 4 is 5.71 Å². The molecule has 0 bridgehead atoms. The number of hydroxylamine groups is 2. The van der Waals surface area contributed by atoms with E-state index < -0.39 is 5.54 Å². The Hall–Kier alpha value is -2.44. The van der Waals surface area contributed by atoms with Crippen LogP contribution in [-0.2, 0) is 11.4 Å². The van der Waals surface area contributed by atoms with Gasteiger partial charge in [-0.15, -0.1) is 0 Å². The fourth-order valence-electron chi connectivity index (χ4n) is 4.64. The van der Waals surface area contributed by atoms with Crippen LogP contribution < -0.4 is 5.73 Å². The normalized spacial score (nSPS) is 25.7. The molecular weight excluding hydrogens is 379 g/mol. The van der Waals surface area contributed by atoms with Gasteiger partial charge in [-0.2, -0.15) is 0 Å². The van der Waals surface area contributed by atoms with Crippen LogP contribution in [0.25, 0.3) is 0 Å². The van der Waals surface area contributed by atoms with Gasteiger partial charge in [0.1, 0.15) is 24.1 Å². The highest BCUT2D eigenvalue weighted by Crippen LogP contribution is 2.46. The monoisotopic (exact) mass is 410 g/mol. The highest BCUT2D eigenvalue weighted by atomic mass is 19.1. The highest BCUT2D eigenvalue weighted by Gasteiger charge is 2.55. The van der Waals surface area contributed by atoms with E-state index in [0.29, 0.717) is 12.5 Å². The van der Waals surface area contributed by atoms with Crippen molar-refractivity contribution in [1.29, 1.82) is 0 Å². The van der Waals surface area contributed by atoms with E-state index in [4.69, 9.17) is 15.6 Å². The molecular formula is C24H31FN4O. The maximum Gasteiger partial charge on any atom is 0.123 e. The van der Waals surface area contributed by atoms with Crippen LogP contribution in [0, 0.1) is 11.7 Å². The van der Waals surface area contributed by atoms with E-state index in [2.05, 4.69) is 37.8 Å². The van der Waals surface area contributed by atoms with E-state index in [9.17, 15) is 4.39 Å². The Morgan fingerprint density at radius 1 is 1.27 bits per heavy atom. The van der Waals surface area contributed by atoms with Gasteiger partial charge in [0.05, 0.1) is 17.1 Å². The standard InChI is InChI=1S/C24H31FN4O/c1-4-6-22-27-23-20(26)11-12-21-24(23,28(22)15-17(2)3)13-5-14-29(21)30-16-18-7-9-19(25)10-8-18/h5,7-12,14,17,22H,4,6,13,15-16,26H2,1-3H3. The van der Waals surface area contributed by atoms with Crippen molar-refractivity contribution in [2.75, 3.05) is 6.54 Å².